The Labute approximate surface area is 167 Å². The fourth-order valence-corrected chi connectivity index (χ4v) is 3.57. The van der Waals surface area contributed by atoms with Crippen molar-refractivity contribution < 1.29 is 19.0 Å². The molecule has 6 heteroatoms. The molecule has 1 aliphatic heterocycles. The highest BCUT2D eigenvalue weighted by Gasteiger charge is 2.48. The lowest BCUT2D eigenvalue weighted by molar-refractivity contribution is -0.0628. The van der Waals surface area contributed by atoms with Crippen molar-refractivity contribution in [2.45, 2.75) is 58.5 Å². The Morgan fingerprint density at radius 3 is 2.50 bits per heavy atom. The summed E-state index contributed by atoms with van der Waals surface area (Å²) in [6.07, 6.45) is 1.59. The zero-order valence-corrected chi connectivity index (χ0v) is 17.6. The lowest BCUT2D eigenvalue weighted by Gasteiger charge is -2.35. The predicted octanol–water partition coefficient (Wildman–Crippen LogP) is 4.59. The van der Waals surface area contributed by atoms with Crippen molar-refractivity contribution in [1.29, 1.82) is 0 Å². The molecule has 1 saturated heterocycles. The van der Waals surface area contributed by atoms with Crippen molar-refractivity contribution >= 4 is 6.09 Å². The van der Waals surface area contributed by atoms with Crippen LogP contribution in [0.5, 0.6) is 5.75 Å². The van der Waals surface area contributed by atoms with E-state index in [-0.39, 0.29) is 6.04 Å². The largest absolute Gasteiger partial charge is 0.495 e. The molecule has 28 heavy (non-hydrogen) atoms. The molecule has 1 aromatic carbocycles. The molecule has 1 fully saturated rings. The number of carbonyl (C=O) groups excluding carboxylic acids is 1. The van der Waals surface area contributed by atoms with Crippen molar-refractivity contribution in [3.8, 4) is 5.75 Å². The van der Waals surface area contributed by atoms with Gasteiger partial charge in [-0.1, -0.05) is 30.3 Å². The van der Waals surface area contributed by atoms with Crippen LogP contribution in [0, 0.1) is 0 Å². The Balaban J connectivity index is 1.98. The number of aromatic nitrogens is 1. The van der Waals surface area contributed by atoms with E-state index in [1.54, 1.807) is 12.0 Å². The number of methoxy groups -OCH3 is 1. The molecular weight excluding hydrogens is 356 g/mol. The molecule has 0 saturated carbocycles. The Bertz CT molecular complexity index is 821. The molecule has 0 N–H and O–H groups in total. The molecule has 0 unspecified atom stereocenters. The van der Waals surface area contributed by atoms with Gasteiger partial charge in [-0.2, -0.15) is 0 Å². The van der Waals surface area contributed by atoms with E-state index in [4.69, 9.17) is 14.2 Å². The van der Waals surface area contributed by atoms with Gasteiger partial charge in [0.15, 0.2) is 0 Å². The monoisotopic (exact) mass is 386 g/mol. The van der Waals surface area contributed by atoms with Gasteiger partial charge in [0.05, 0.1) is 19.4 Å². The van der Waals surface area contributed by atoms with Crippen LogP contribution in [0.25, 0.3) is 0 Å². The van der Waals surface area contributed by atoms with Crippen LogP contribution >= 0.6 is 0 Å². The molecule has 2 aromatic rings. The van der Waals surface area contributed by atoms with Crippen LogP contribution in [0.1, 0.15) is 51.9 Å². The molecule has 3 rings (SSSR count). The quantitative estimate of drug-likeness (QED) is 0.771. The highest BCUT2D eigenvalue weighted by atomic mass is 16.6. The molecule has 1 aromatic heterocycles. The standard InChI is InChI=1S/C22H30N2O4/c1-21(2,3)28-20(25)24-17(15-27-22(24,4)5)19-18(26-6)12-13-23(19)14-16-10-8-7-9-11-16/h7-13,17H,14-15H2,1-6H3/t17-/m0/s1. The van der Waals surface area contributed by atoms with Gasteiger partial charge in [-0.3, -0.25) is 4.90 Å². The summed E-state index contributed by atoms with van der Waals surface area (Å²) in [7, 11) is 1.64. The first-order valence-corrected chi connectivity index (χ1v) is 9.55. The van der Waals surface area contributed by atoms with E-state index in [1.807, 2.05) is 65.1 Å². The molecule has 152 valence electrons. The maximum Gasteiger partial charge on any atom is 0.413 e. The van der Waals surface area contributed by atoms with Crippen LogP contribution < -0.4 is 4.74 Å². The van der Waals surface area contributed by atoms with Gasteiger partial charge < -0.3 is 18.8 Å². The summed E-state index contributed by atoms with van der Waals surface area (Å²) in [4.78, 5) is 14.7. The van der Waals surface area contributed by atoms with E-state index >= 15 is 0 Å². The molecule has 1 atom stereocenters. The summed E-state index contributed by atoms with van der Waals surface area (Å²) in [5, 5.41) is 0. The fourth-order valence-electron chi connectivity index (χ4n) is 3.57. The normalized spacial score (nSPS) is 18.9. The van der Waals surface area contributed by atoms with Crippen molar-refractivity contribution in [3.05, 3.63) is 53.9 Å². The minimum Gasteiger partial charge on any atom is -0.495 e. The first-order valence-electron chi connectivity index (χ1n) is 9.55. The second-order valence-electron chi connectivity index (χ2n) is 8.51. The van der Waals surface area contributed by atoms with E-state index in [1.165, 1.54) is 5.56 Å². The van der Waals surface area contributed by atoms with E-state index in [0.29, 0.717) is 13.2 Å². The number of amides is 1. The van der Waals surface area contributed by atoms with Crippen LogP contribution in [0.3, 0.4) is 0 Å². The third-order valence-electron chi connectivity index (χ3n) is 4.78. The van der Waals surface area contributed by atoms with Gasteiger partial charge >= 0.3 is 6.09 Å². The van der Waals surface area contributed by atoms with Gasteiger partial charge in [-0.25, -0.2) is 4.79 Å². The lowest BCUT2D eigenvalue weighted by Crippen LogP contribution is -2.47. The summed E-state index contributed by atoms with van der Waals surface area (Å²) in [5.41, 5.74) is 0.711. The number of hydrogen-bond donors (Lipinski definition) is 0. The summed E-state index contributed by atoms with van der Waals surface area (Å²) in [6, 6.07) is 11.8. The Kier molecular flexibility index (Phi) is 5.44. The summed E-state index contributed by atoms with van der Waals surface area (Å²) >= 11 is 0. The number of rotatable bonds is 4. The van der Waals surface area contributed by atoms with Crippen molar-refractivity contribution in [3.63, 3.8) is 0 Å². The SMILES string of the molecule is COc1ccn(Cc2ccccc2)c1[C@@H]1COC(C)(C)N1C(=O)OC(C)(C)C. The molecule has 6 nitrogen and oxygen atoms in total. The maximum atomic E-state index is 13.0. The third kappa shape index (κ3) is 4.17. The van der Waals surface area contributed by atoms with Gasteiger partial charge in [0.2, 0.25) is 0 Å². The Hall–Kier alpha value is -2.47. The van der Waals surface area contributed by atoms with Crippen LogP contribution in [0.2, 0.25) is 0 Å². The van der Waals surface area contributed by atoms with Crippen LogP contribution in [0.15, 0.2) is 42.6 Å². The van der Waals surface area contributed by atoms with Gasteiger partial charge in [0.1, 0.15) is 23.1 Å². The second kappa shape index (κ2) is 7.51. The van der Waals surface area contributed by atoms with Crippen LogP contribution in [0.4, 0.5) is 4.79 Å². The topological polar surface area (TPSA) is 52.9 Å². The van der Waals surface area contributed by atoms with Gasteiger partial charge in [0, 0.05) is 12.7 Å². The number of carbonyl (C=O) groups is 1. The molecule has 0 radical (unpaired) electrons. The minimum absolute atomic E-state index is 0.307. The molecule has 0 aliphatic carbocycles. The zero-order valence-electron chi connectivity index (χ0n) is 17.6. The highest BCUT2D eigenvalue weighted by Crippen LogP contribution is 2.41. The average molecular weight is 386 g/mol. The van der Waals surface area contributed by atoms with E-state index in [0.717, 1.165) is 11.4 Å². The zero-order chi connectivity index (χ0) is 20.5. The predicted molar refractivity (Wildman–Crippen MR) is 107 cm³/mol. The van der Waals surface area contributed by atoms with Gasteiger partial charge in [-0.05, 0) is 46.2 Å². The number of nitrogens with zero attached hydrogens (tertiary/aromatic N) is 2. The van der Waals surface area contributed by atoms with E-state index in [2.05, 4.69) is 16.7 Å². The van der Waals surface area contributed by atoms with Crippen molar-refractivity contribution in [2.75, 3.05) is 13.7 Å². The molecule has 1 amide bonds. The van der Waals surface area contributed by atoms with Crippen LogP contribution in [-0.2, 0) is 16.0 Å². The minimum atomic E-state index is -0.778. The number of ether oxygens (including phenoxy) is 3. The number of hydrogen-bond acceptors (Lipinski definition) is 4. The Morgan fingerprint density at radius 1 is 1.21 bits per heavy atom. The Morgan fingerprint density at radius 2 is 1.89 bits per heavy atom. The van der Waals surface area contributed by atoms with Crippen molar-refractivity contribution in [1.82, 2.24) is 9.47 Å². The molecule has 0 bridgehead atoms. The number of benzene rings is 1. The molecule has 2 heterocycles. The molecule has 1 aliphatic rings. The summed E-state index contributed by atoms with van der Waals surface area (Å²) < 4.78 is 19.4. The average Bonchev–Trinajstić information content (AvgIpc) is 3.13. The second-order valence-corrected chi connectivity index (χ2v) is 8.51. The first-order chi connectivity index (χ1) is 13.1. The van der Waals surface area contributed by atoms with E-state index in [9.17, 15) is 4.79 Å². The van der Waals surface area contributed by atoms with Gasteiger partial charge in [0.25, 0.3) is 0 Å². The lowest BCUT2D eigenvalue weighted by atomic mass is 10.1. The smallest absolute Gasteiger partial charge is 0.413 e. The summed E-state index contributed by atoms with van der Waals surface area (Å²) in [6.45, 7) is 10.4. The van der Waals surface area contributed by atoms with Crippen LogP contribution in [-0.4, -0.2) is 40.6 Å². The molecule has 0 spiro atoms. The van der Waals surface area contributed by atoms with Crippen molar-refractivity contribution in [2.24, 2.45) is 0 Å². The van der Waals surface area contributed by atoms with E-state index < -0.39 is 17.4 Å². The van der Waals surface area contributed by atoms with Gasteiger partial charge in [-0.15, -0.1) is 0 Å². The molecular formula is C22H30N2O4. The maximum absolute atomic E-state index is 13.0. The summed E-state index contributed by atoms with van der Waals surface area (Å²) in [5.74, 6) is 0.732. The highest BCUT2D eigenvalue weighted by molar-refractivity contribution is 5.70. The third-order valence-corrected chi connectivity index (χ3v) is 4.78. The first kappa shape index (κ1) is 20.3. The fraction of sp³-hybridized carbons (Fsp3) is 0.500.